The zero-order chi connectivity index (χ0) is 10.9. The number of carbonyl (C=O) groups is 1. The van der Waals surface area contributed by atoms with Crippen LogP contribution in [0, 0.1) is 0 Å². The highest BCUT2D eigenvalue weighted by molar-refractivity contribution is 5.69. The van der Waals surface area contributed by atoms with Crippen LogP contribution in [0.5, 0.6) is 0 Å². The van der Waals surface area contributed by atoms with E-state index in [9.17, 15) is 4.79 Å². The fraction of sp³-hybridized carbons (Fsp3) is 0.909. The van der Waals surface area contributed by atoms with Gasteiger partial charge in [0.15, 0.2) is 0 Å². The van der Waals surface area contributed by atoms with Crippen LogP contribution < -0.4 is 5.32 Å². The van der Waals surface area contributed by atoms with Crippen molar-refractivity contribution in [2.75, 3.05) is 6.61 Å². The van der Waals surface area contributed by atoms with E-state index in [-0.39, 0.29) is 23.8 Å². The van der Waals surface area contributed by atoms with E-state index in [1.165, 1.54) is 0 Å². The van der Waals surface area contributed by atoms with E-state index in [2.05, 4.69) is 12.2 Å². The summed E-state index contributed by atoms with van der Waals surface area (Å²) < 4.78 is 10.7. The summed E-state index contributed by atoms with van der Waals surface area (Å²) in [7, 11) is 0. The molecule has 0 spiro atoms. The maximum absolute atomic E-state index is 11.5. The molecule has 1 amide bonds. The van der Waals surface area contributed by atoms with Crippen molar-refractivity contribution in [3.8, 4) is 0 Å². The van der Waals surface area contributed by atoms with Crippen molar-refractivity contribution >= 4 is 6.09 Å². The highest BCUT2D eigenvalue weighted by Gasteiger charge is 2.40. The van der Waals surface area contributed by atoms with Crippen molar-refractivity contribution in [3.05, 3.63) is 0 Å². The van der Waals surface area contributed by atoms with Crippen LogP contribution in [0.1, 0.15) is 39.5 Å². The van der Waals surface area contributed by atoms with E-state index in [0.29, 0.717) is 6.61 Å². The normalized spacial score (nSPS) is 32.4. The van der Waals surface area contributed by atoms with Gasteiger partial charge in [-0.15, -0.1) is 0 Å². The van der Waals surface area contributed by atoms with Crippen LogP contribution in [-0.4, -0.2) is 30.4 Å². The third kappa shape index (κ3) is 2.84. The third-order valence-corrected chi connectivity index (χ3v) is 3.18. The molecule has 1 saturated carbocycles. The van der Waals surface area contributed by atoms with Gasteiger partial charge in [0.1, 0.15) is 6.10 Å². The van der Waals surface area contributed by atoms with Gasteiger partial charge in [-0.2, -0.15) is 0 Å². The summed E-state index contributed by atoms with van der Waals surface area (Å²) in [6, 6.07) is 0. The molecule has 1 aliphatic carbocycles. The molecule has 0 aromatic carbocycles. The largest absolute Gasteiger partial charge is 0.444 e. The summed E-state index contributed by atoms with van der Waals surface area (Å²) in [4.78, 5) is 11.5. The Hall–Kier alpha value is -0.770. The number of amides is 1. The van der Waals surface area contributed by atoms with Crippen molar-refractivity contribution < 1.29 is 14.3 Å². The molecule has 86 valence electrons. The van der Waals surface area contributed by atoms with Crippen LogP contribution in [0.25, 0.3) is 0 Å². The minimum atomic E-state index is -0.291. The summed E-state index contributed by atoms with van der Waals surface area (Å²) in [5.41, 5.74) is 0.000697. The monoisotopic (exact) mass is 213 g/mol. The lowest BCUT2D eigenvalue weighted by molar-refractivity contribution is 0.0677. The molecule has 15 heavy (non-hydrogen) atoms. The van der Waals surface area contributed by atoms with Gasteiger partial charge in [-0.25, -0.2) is 4.79 Å². The second kappa shape index (κ2) is 4.00. The molecule has 1 saturated heterocycles. The Kier molecular flexibility index (Phi) is 2.87. The molecule has 0 aromatic rings. The van der Waals surface area contributed by atoms with E-state index < -0.39 is 0 Å². The third-order valence-electron chi connectivity index (χ3n) is 3.18. The molecule has 1 heterocycles. The van der Waals surface area contributed by atoms with Gasteiger partial charge in [-0.3, -0.25) is 0 Å². The van der Waals surface area contributed by atoms with Crippen LogP contribution in [0.3, 0.4) is 0 Å². The second-order valence-electron chi connectivity index (χ2n) is 4.81. The van der Waals surface area contributed by atoms with E-state index in [1.54, 1.807) is 0 Å². The summed E-state index contributed by atoms with van der Waals surface area (Å²) in [5, 5.41) is 2.87. The minimum Gasteiger partial charge on any atom is -0.444 e. The van der Waals surface area contributed by atoms with E-state index in [0.717, 1.165) is 25.7 Å². The zero-order valence-electron chi connectivity index (χ0n) is 9.41. The molecule has 4 heteroatoms. The molecule has 1 aliphatic heterocycles. The molecule has 2 aliphatic rings. The van der Waals surface area contributed by atoms with Crippen LogP contribution in [0.4, 0.5) is 4.79 Å². The predicted octanol–water partition coefficient (Wildman–Crippen LogP) is 1.83. The Morgan fingerprint density at radius 1 is 1.60 bits per heavy atom. The first kappa shape index (κ1) is 10.7. The molecule has 0 bridgehead atoms. The lowest BCUT2D eigenvalue weighted by Crippen LogP contribution is -2.37. The molecule has 2 fully saturated rings. The summed E-state index contributed by atoms with van der Waals surface area (Å²) in [6.45, 7) is 4.66. The lowest BCUT2D eigenvalue weighted by atomic mass is 10.2. The lowest BCUT2D eigenvalue weighted by Gasteiger charge is -2.14. The number of ether oxygens (including phenoxy) is 2. The average molecular weight is 213 g/mol. The van der Waals surface area contributed by atoms with Crippen molar-refractivity contribution in [3.63, 3.8) is 0 Å². The predicted molar refractivity (Wildman–Crippen MR) is 55.7 cm³/mol. The highest BCUT2D eigenvalue weighted by atomic mass is 16.6. The number of carbonyl (C=O) groups excluding carboxylic acids is 1. The van der Waals surface area contributed by atoms with Gasteiger partial charge in [0.05, 0.1) is 12.7 Å². The summed E-state index contributed by atoms with van der Waals surface area (Å²) in [5.74, 6) is 0. The SMILES string of the molecule is CC[C@@H]1C[C@H](OC(=O)NC2(C)CC2)CO1. The van der Waals surface area contributed by atoms with Gasteiger partial charge < -0.3 is 14.8 Å². The van der Waals surface area contributed by atoms with E-state index in [1.807, 2.05) is 6.92 Å². The molecular weight excluding hydrogens is 194 g/mol. The van der Waals surface area contributed by atoms with Gasteiger partial charge in [0.2, 0.25) is 0 Å². The van der Waals surface area contributed by atoms with Gasteiger partial charge in [-0.05, 0) is 26.2 Å². The first-order valence-electron chi connectivity index (χ1n) is 5.72. The molecule has 0 unspecified atom stereocenters. The molecule has 4 nitrogen and oxygen atoms in total. The van der Waals surface area contributed by atoms with Gasteiger partial charge in [-0.1, -0.05) is 6.92 Å². The quantitative estimate of drug-likeness (QED) is 0.778. The Morgan fingerprint density at radius 2 is 2.33 bits per heavy atom. The van der Waals surface area contributed by atoms with Crippen molar-refractivity contribution in [1.82, 2.24) is 5.32 Å². The Morgan fingerprint density at radius 3 is 2.87 bits per heavy atom. The maximum Gasteiger partial charge on any atom is 0.407 e. The highest BCUT2D eigenvalue weighted by Crippen LogP contribution is 2.34. The topological polar surface area (TPSA) is 47.6 Å². The van der Waals surface area contributed by atoms with Crippen LogP contribution >= 0.6 is 0 Å². The van der Waals surface area contributed by atoms with Crippen LogP contribution in [0.15, 0.2) is 0 Å². The number of rotatable bonds is 3. The Labute approximate surface area is 90.3 Å². The van der Waals surface area contributed by atoms with Crippen molar-refractivity contribution in [2.24, 2.45) is 0 Å². The molecule has 0 aromatic heterocycles. The van der Waals surface area contributed by atoms with E-state index in [4.69, 9.17) is 9.47 Å². The van der Waals surface area contributed by atoms with E-state index >= 15 is 0 Å². The number of hydrogen-bond donors (Lipinski definition) is 1. The fourth-order valence-corrected chi connectivity index (χ4v) is 1.78. The average Bonchev–Trinajstić information content (AvgIpc) is 2.75. The Balaban J connectivity index is 1.70. The molecule has 2 atom stereocenters. The number of nitrogens with one attached hydrogen (secondary N) is 1. The van der Waals surface area contributed by atoms with Gasteiger partial charge >= 0.3 is 6.09 Å². The van der Waals surface area contributed by atoms with Gasteiger partial charge in [0, 0.05) is 12.0 Å². The minimum absolute atomic E-state index is 0.000697. The van der Waals surface area contributed by atoms with Crippen molar-refractivity contribution in [1.29, 1.82) is 0 Å². The van der Waals surface area contributed by atoms with Gasteiger partial charge in [0.25, 0.3) is 0 Å². The summed E-state index contributed by atoms with van der Waals surface area (Å²) >= 11 is 0. The standard InChI is InChI=1S/C11H19NO3/c1-3-8-6-9(7-14-8)15-10(13)12-11(2)4-5-11/h8-9H,3-7H2,1-2H3,(H,12,13)/t8-,9+/m1/s1. The molecular formula is C11H19NO3. The fourth-order valence-electron chi connectivity index (χ4n) is 1.78. The maximum atomic E-state index is 11.5. The molecule has 2 rings (SSSR count). The molecule has 1 N–H and O–H groups in total. The smallest absolute Gasteiger partial charge is 0.407 e. The first-order chi connectivity index (χ1) is 7.11. The van der Waals surface area contributed by atoms with Crippen molar-refractivity contribution in [2.45, 2.75) is 57.3 Å². The molecule has 0 radical (unpaired) electrons. The second-order valence-corrected chi connectivity index (χ2v) is 4.81. The zero-order valence-corrected chi connectivity index (χ0v) is 9.41. The summed E-state index contributed by atoms with van der Waals surface area (Å²) in [6.07, 6.45) is 3.85. The first-order valence-corrected chi connectivity index (χ1v) is 5.72. The van der Waals surface area contributed by atoms with Crippen LogP contribution in [-0.2, 0) is 9.47 Å². The Bertz CT molecular complexity index is 250. The van der Waals surface area contributed by atoms with Crippen LogP contribution in [0.2, 0.25) is 0 Å². The number of alkyl carbamates (subject to hydrolysis) is 1. The number of hydrogen-bond acceptors (Lipinski definition) is 3.